The van der Waals surface area contributed by atoms with Crippen LogP contribution in [-0.2, 0) is 13.1 Å². The second-order valence-electron chi connectivity index (χ2n) is 6.63. The zero-order chi connectivity index (χ0) is 17.2. The van der Waals surface area contributed by atoms with Crippen LogP contribution in [0, 0.1) is 12.7 Å². The highest BCUT2D eigenvalue weighted by atomic mass is 19.1. The van der Waals surface area contributed by atoms with E-state index in [4.69, 9.17) is 4.42 Å². The van der Waals surface area contributed by atoms with Gasteiger partial charge in [-0.3, -0.25) is 4.90 Å². The molecular weight excluding hydrogens is 317 g/mol. The van der Waals surface area contributed by atoms with Gasteiger partial charge >= 0.3 is 0 Å². The highest BCUT2D eigenvalue weighted by molar-refractivity contribution is 5.53. The largest absolute Gasteiger partial charge is 0.419 e. The monoisotopic (exact) mass is 337 g/mol. The molecule has 0 spiro atoms. The Labute approximate surface area is 146 Å². The van der Waals surface area contributed by atoms with Gasteiger partial charge in [0, 0.05) is 18.2 Å². The van der Waals surface area contributed by atoms with E-state index >= 15 is 0 Å². The fourth-order valence-electron chi connectivity index (χ4n) is 2.96. The lowest BCUT2D eigenvalue weighted by molar-refractivity contribution is 0.221. The number of hydrogen-bond acceptors (Lipinski definition) is 4. The maximum Gasteiger partial charge on any atom is 0.247 e. The van der Waals surface area contributed by atoms with E-state index in [1.807, 2.05) is 43.3 Å². The van der Waals surface area contributed by atoms with Crippen LogP contribution in [0.2, 0.25) is 0 Å². The number of rotatable bonds is 6. The first kappa shape index (κ1) is 16.0. The molecule has 1 aliphatic rings. The fraction of sp³-hybridized carbons (Fsp3) is 0.300. The maximum atomic E-state index is 13.1. The van der Waals surface area contributed by atoms with E-state index in [1.165, 1.54) is 25.0 Å². The number of benzene rings is 2. The van der Waals surface area contributed by atoms with Gasteiger partial charge in [-0.1, -0.05) is 29.8 Å². The third kappa shape index (κ3) is 3.94. The summed E-state index contributed by atoms with van der Waals surface area (Å²) in [5, 5.41) is 8.40. The second-order valence-corrected chi connectivity index (χ2v) is 6.63. The molecule has 1 aromatic heterocycles. The first-order valence-corrected chi connectivity index (χ1v) is 8.55. The Bertz CT molecular complexity index is 855. The molecule has 0 radical (unpaired) electrons. The molecule has 3 aromatic rings. The summed E-state index contributed by atoms with van der Waals surface area (Å²) in [5.41, 5.74) is 3.19. The minimum atomic E-state index is -0.207. The normalized spacial score (nSPS) is 14.2. The highest BCUT2D eigenvalue weighted by Gasteiger charge is 2.30. The van der Waals surface area contributed by atoms with Gasteiger partial charge in [0.25, 0.3) is 0 Å². The van der Waals surface area contributed by atoms with Crippen LogP contribution in [0.15, 0.2) is 52.9 Å². The van der Waals surface area contributed by atoms with Gasteiger partial charge in [0.2, 0.25) is 11.8 Å². The molecule has 0 aliphatic heterocycles. The molecule has 1 saturated carbocycles. The van der Waals surface area contributed by atoms with Gasteiger partial charge in [-0.15, -0.1) is 10.2 Å². The standard InChI is InChI=1S/C20H20FN3O/c1-14-3-2-4-16(11-14)20-23-22-19(25-20)13-24(18-9-10-18)12-15-5-7-17(21)8-6-15/h2-8,11,18H,9-10,12-13H2,1H3. The zero-order valence-electron chi connectivity index (χ0n) is 14.2. The Balaban J connectivity index is 1.48. The summed E-state index contributed by atoms with van der Waals surface area (Å²) in [6.07, 6.45) is 2.36. The Morgan fingerprint density at radius 3 is 2.60 bits per heavy atom. The number of hydrogen-bond donors (Lipinski definition) is 0. The van der Waals surface area contributed by atoms with Crippen molar-refractivity contribution in [1.29, 1.82) is 0 Å². The van der Waals surface area contributed by atoms with Gasteiger partial charge in [0.05, 0.1) is 6.54 Å². The van der Waals surface area contributed by atoms with Crippen LogP contribution in [0.4, 0.5) is 4.39 Å². The molecule has 0 amide bonds. The molecule has 25 heavy (non-hydrogen) atoms. The molecule has 4 rings (SSSR count). The molecule has 0 bridgehead atoms. The summed E-state index contributed by atoms with van der Waals surface area (Å²) >= 11 is 0. The molecule has 5 heteroatoms. The predicted octanol–water partition coefficient (Wildman–Crippen LogP) is 4.35. The van der Waals surface area contributed by atoms with E-state index in [0.717, 1.165) is 23.2 Å². The van der Waals surface area contributed by atoms with Crippen LogP contribution >= 0.6 is 0 Å². The van der Waals surface area contributed by atoms with Crippen LogP contribution in [0.5, 0.6) is 0 Å². The van der Waals surface area contributed by atoms with Crippen molar-refractivity contribution in [2.24, 2.45) is 0 Å². The molecule has 128 valence electrons. The first-order valence-electron chi connectivity index (χ1n) is 8.55. The average Bonchev–Trinajstić information content (AvgIpc) is 3.35. The van der Waals surface area contributed by atoms with Crippen LogP contribution in [0.25, 0.3) is 11.5 Å². The topological polar surface area (TPSA) is 42.2 Å². The van der Waals surface area contributed by atoms with Crippen LogP contribution in [0.1, 0.15) is 29.9 Å². The molecular formula is C20H20FN3O. The van der Waals surface area contributed by atoms with Crippen LogP contribution < -0.4 is 0 Å². The van der Waals surface area contributed by atoms with Crippen molar-refractivity contribution in [2.75, 3.05) is 0 Å². The van der Waals surface area contributed by atoms with Gasteiger partial charge < -0.3 is 4.42 Å². The smallest absolute Gasteiger partial charge is 0.247 e. The second kappa shape index (κ2) is 6.76. The van der Waals surface area contributed by atoms with E-state index in [9.17, 15) is 4.39 Å². The molecule has 0 N–H and O–H groups in total. The predicted molar refractivity (Wildman–Crippen MR) is 93.1 cm³/mol. The fourth-order valence-corrected chi connectivity index (χ4v) is 2.96. The van der Waals surface area contributed by atoms with Crippen molar-refractivity contribution in [3.8, 4) is 11.5 Å². The third-order valence-corrected chi connectivity index (χ3v) is 4.43. The first-order chi connectivity index (χ1) is 12.2. The molecule has 2 aromatic carbocycles. The van der Waals surface area contributed by atoms with Gasteiger partial charge in [0.1, 0.15) is 5.82 Å². The van der Waals surface area contributed by atoms with Crippen molar-refractivity contribution in [3.05, 3.63) is 71.4 Å². The lowest BCUT2D eigenvalue weighted by atomic mass is 10.1. The number of halogens is 1. The molecule has 1 heterocycles. The van der Waals surface area contributed by atoms with Crippen LogP contribution in [0.3, 0.4) is 0 Å². The van der Waals surface area contributed by atoms with Gasteiger partial charge in [-0.2, -0.15) is 0 Å². The summed E-state index contributed by atoms with van der Waals surface area (Å²) in [4.78, 5) is 2.32. The van der Waals surface area contributed by atoms with E-state index in [2.05, 4.69) is 15.1 Å². The summed E-state index contributed by atoms with van der Waals surface area (Å²) < 4.78 is 19.0. The quantitative estimate of drug-likeness (QED) is 0.671. The summed E-state index contributed by atoms with van der Waals surface area (Å²) in [5.74, 6) is 0.961. The Hall–Kier alpha value is -2.53. The van der Waals surface area contributed by atoms with Crippen molar-refractivity contribution < 1.29 is 8.81 Å². The molecule has 0 unspecified atom stereocenters. The molecule has 0 saturated heterocycles. The van der Waals surface area contributed by atoms with E-state index in [1.54, 1.807) is 0 Å². The summed E-state index contributed by atoms with van der Waals surface area (Å²) in [6, 6.07) is 15.2. The maximum absolute atomic E-state index is 13.1. The SMILES string of the molecule is Cc1cccc(-c2nnc(CN(Cc3ccc(F)cc3)C3CC3)o2)c1. The van der Waals surface area contributed by atoms with Gasteiger partial charge in [-0.05, 0) is 49.6 Å². The highest BCUT2D eigenvalue weighted by Crippen LogP contribution is 2.30. The van der Waals surface area contributed by atoms with Gasteiger partial charge in [0.15, 0.2) is 0 Å². The van der Waals surface area contributed by atoms with Crippen molar-refractivity contribution >= 4 is 0 Å². The molecule has 1 aliphatic carbocycles. The van der Waals surface area contributed by atoms with Crippen molar-refractivity contribution in [2.45, 2.75) is 38.9 Å². The third-order valence-electron chi connectivity index (χ3n) is 4.43. The molecule has 0 atom stereocenters. The summed E-state index contributed by atoms with van der Waals surface area (Å²) in [6.45, 7) is 3.41. The number of nitrogens with zero attached hydrogens (tertiary/aromatic N) is 3. The minimum absolute atomic E-state index is 0.207. The number of aromatic nitrogens is 2. The molecule has 1 fully saturated rings. The summed E-state index contributed by atoms with van der Waals surface area (Å²) in [7, 11) is 0. The number of aryl methyl sites for hydroxylation is 1. The van der Waals surface area contributed by atoms with E-state index < -0.39 is 0 Å². The van der Waals surface area contributed by atoms with E-state index in [0.29, 0.717) is 24.4 Å². The van der Waals surface area contributed by atoms with Crippen molar-refractivity contribution in [3.63, 3.8) is 0 Å². The van der Waals surface area contributed by atoms with Gasteiger partial charge in [-0.25, -0.2) is 4.39 Å². The lowest BCUT2D eigenvalue weighted by Crippen LogP contribution is -2.25. The Kier molecular flexibility index (Phi) is 4.32. The molecule has 4 nitrogen and oxygen atoms in total. The van der Waals surface area contributed by atoms with Crippen molar-refractivity contribution in [1.82, 2.24) is 15.1 Å². The minimum Gasteiger partial charge on any atom is -0.419 e. The lowest BCUT2D eigenvalue weighted by Gasteiger charge is -2.20. The average molecular weight is 337 g/mol. The Morgan fingerprint density at radius 1 is 1.08 bits per heavy atom. The van der Waals surface area contributed by atoms with Crippen LogP contribution in [-0.4, -0.2) is 21.1 Å². The Morgan fingerprint density at radius 2 is 1.88 bits per heavy atom. The van der Waals surface area contributed by atoms with E-state index in [-0.39, 0.29) is 5.82 Å². The zero-order valence-corrected chi connectivity index (χ0v) is 14.2.